The third-order valence-electron chi connectivity index (χ3n) is 3.86. The van der Waals surface area contributed by atoms with E-state index in [9.17, 15) is 4.79 Å². The molecular weight excluding hydrogens is 354 g/mol. The van der Waals surface area contributed by atoms with Gasteiger partial charge in [-0.15, -0.1) is 0 Å². The summed E-state index contributed by atoms with van der Waals surface area (Å²) in [5, 5.41) is 2.88. The maximum absolute atomic E-state index is 12.2. The average molecular weight is 376 g/mol. The molecule has 2 aromatic carbocycles. The van der Waals surface area contributed by atoms with Crippen molar-refractivity contribution in [1.82, 2.24) is 0 Å². The molecule has 4 heteroatoms. The maximum Gasteiger partial charge on any atom is 0.265 e. The second-order valence-electron chi connectivity index (χ2n) is 5.63. The molecule has 3 nitrogen and oxygen atoms in total. The summed E-state index contributed by atoms with van der Waals surface area (Å²) in [7, 11) is 0. The Morgan fingerprint density at radius 3 is 2.26 bits per heavy atom. The van der Waals surface area contributed by atoms with Gasteiger partial charge in [-0.25, -0.2) is 0 Å². The fraction of sp³-hybridized carbons (Fsp3) is 0.316. The number of carbonyl (C=O) groups excluding carboxylic acids is 1. The smallest absolute Gasteiger partial charge is 0.265 e. The van der Waals surface area contributed by atoms with Crippen molar-refractivity contribution in [2.24, 2.45) is 0 Å². The number of nitrogens with one attached hydrogen (secondary N) is 1. The van der Waals surface area contributed by atoms with Crippen LogP contribution in [0.4, 0.5) is 5.69 Å². The summed E-state index contributed by atoms with van der Waals surface area (Å²) in [5.74, 6) is 1.03. The molecule has 0 aliphatic rings. The van der Waals surface area contributed by atoms with Crippen LogP contribution < -0.4 is 10.1 Å². The van der Waals surface area contributed by atoms with Gasteiger partial charge in [0.05, 0.1) is 0 Å². The Balaban J connectivity index is 1.93. The van der Waals surface area contributed by atoms with Gasteiger partial charge >= 0.3 is 0 Å². The summed E-state index contributed by atoms with van der Waals surface area (Å²) in [6, 6.07) is 15.4. The van der Waals surface area contributed by atoms with Crippen LogP contribution in [0.15, 0.2) is 53.0 Å². The summed E-state index contributed by atoms with van der Waals surface area (Å²) < 4.78 is 6.63. The van der Waals surface area contributed by atoms with E-state index in [1.54, 1.807) is 6.92 Å². The van der Waals surface area contributed by atoms with E-state index in [1.807, 2.05) is 36.4 Å². The van der Waals surface area contributed by atoms with Crippen molar-refractivity contribution in [3.8, 4) is 5.75 Å². The molecule has 0 saturated carbocycles. The lowest BCUT2D eigenvalue weighted by atomic mass is 9.99. The van der Waals surface area contributed by atoms with Crippen LogP contribution >= 0.6 is 15.9 Å². The van der Waals surface area contributed by atoms with Crippen molar-refractivity contribution in [3.05, 3.63) is 58.6 Å². The van der Waals surface area contributed by atoms with Gasteiger partial charge in [0.1, 0.15) is 5.75 Å². The number of carbonyl (C=O) groups is 1. The van der Waals surface area contributed by atoms with Gasteiger partial charge in [-0.05, 0) is 61.2 Å². The Morgan fingerprint density at radius 1 is 1.09 bits per heavy atom. The zero-order valence-electron chi connectivity index (χ0n) is 13.7. The molecule has 0 unspecified atom stereocenters. The monoisotopic (exact) mass is 375 g/mol. The van der Waals surface area contributed by atoms with Crippen LogP contribution in [-0.2, 0) is 4.79 Å². The first-order chi connectivity index (χ1) is 11.0. The van der Waals surface area contributed by atoms with Gasteiger partial charge in [0.2, 0.25) is 0 Å². The topological polar surface area (TPSA) is 38.3 Å². The predicted molar refractivity (Wildman–Crippen MR) is 98.0 cm³/mol. The van der Waals surface area contributed by atoms with Gasteiger partial charge < -0.3 is 10.1 Å². The molecule has 0 aliphatic heterocycles. The minimum Gasteiger partial charge on any atom is -0.481 e. The molecule has 0 aliphatic carbocycles. The SMILES string of the molecule is CC[C@@H](C)c1ccc(NC(=O)[C@@H](C)Oc2ccc(Br)cc2)cc1. The lowest BCUT2D eigenvalue weighted by molar-refractivity contribution is -0.122. The van der Waals surface area contributed by atoms with Gasteiger partial charge in [-0.3, -0.25) is 4.79 Å². The Kier molecular flexibility index (Phi) is 6.22. The van der Waals surface area contributed by atoms with Gasteiger partial charge in [-0.1, -0.05) is 41.9 Å². The van der Waals surface area contributed by atoms with Gasteiger partial charge in [0, 0.05) is 10.2 Å². The zero-order chi connectivity index (χ0) is 16.8. The second kappa shape index (κ2) is 8.16. The van der Waals surface area contributed by atoms with Crippen LogP contribution in [0, 0.1) is 0 Å². The quantitative estimate of drug-likeness (QED) is 0.736. The highest BCUT2D eigenvalue weighted by Gasteiger charge is 2.15. The minimum atomic E-state index is -0.564. The molecule has 2 atom stereocenters. The van der Waals surface area contributed by atoms with Crippen LogP contribution in [-0.4, -0.2) is 12.0 Å². The Hall–Kier alpha value is -1.81. The first kappa shape index (κ1) is 17.5. The molecule has 0 bridgehead atoms. The first-order valence-electron chi connectivity index (χ1n) is 7.82. The van der Waals surface area contributed by atoms with Crippen molar-refractivity contribution < 1.29 is 9.53 Å². The average Bonchev–Trinajstić information content (AvgIpc) is 2.56. The minimum absolute atomic E-state index is 0.163. The van der Waals surface area contributed by atoms with Crippen molar-refractivity contribution >= 4 is 27.5 Å². The molecule has 1 amide bonds. The summed E-state index contributed by atoms with van der Waals surface area (Å²) in [5.41, 5.74) is 2.07. The van der Waals surface area contributed by atoms with Crippen LogP contribution in [0.3, 0.4) is 0 Å². The molecule has 1 N–H and O–H groups in total. The number of amides is 1. The third-order valence-corrected chi connectivity index (χ3v) is 4.38. The molecule has 2 rings (SSSR count). The van der Waals surface area contributed by atoms with E-state index in [0.29, 0.717) is 11.7 Å². The zero-order valence-corrected chi connectivity index (χ0v) is 15.3. The van der Waals surface area contributed by atoms with Crippen molar-refractivity contribution in [3.63, 3.8) is 0 Å². The summed E-state index contributed by atoms with van der Waals surface area (Å²) in [6.07, 6.45) is 0.537. The van der Waals surface area contributed by atoms with E-state index >= 15 is 0 Å². The van der Waals surface area contributed by atoms with E-state index in [-0.39, 0.29) is 5.91 Å². The molecule has 122 valence electrons. The lowest BCUT2D eigenvalue weighted by Gasteiger charge is -2.15. The van der Waals surface area contributed by atoms with Gasteiger partial charge in [0.25, 0.3) is 5.91 Å². The van der Waals surface area contributed by atoms with E-state index < -0.39 is 6.10 Å². The molecular formula is C19H22BrNO2. The fourth-order valence-corrected chi connectivity index (χ4v) is 2.41. The molecule has 0 radical (unpaired) electrons. The highest BCUT2D eigenvalue weighted by molar-refractivity contribution is 9.10. The summed E-state index contributed by atoms with van der Waals surface area (Å²) >= 11 is 3.37. The van der Waals surface area contributed by atoms with E-state index in [2.05, 4.69) is 47.2 Å². The molecule has 0 saturated heterocycles. The third kappa shape index (κ3) is 5.10. The van der Waals surface area contributed by atoms with Crippen LogP contribution in [0.25, 0.3) is 0 Å². The molecule has 0 fully saturated rings. The lowest BCUT2D eigenvalue weighted by Crippen LogP contribution is -2.30. The number of rotatable bonds is 6. The Morgan fingerprint density at radius 2 is 1.70 bits per heavy atom. The number of halogens is 1. The summed E-state index contributed by atoms with van der Waals surface area (Å²) in [4.78, 5) is 12.2. The first-order valence-corrected chi connectivity index (χ1v) is 8.62. The number of anilines is 1. The standard InChI is InChI=1S/C19H22BrNO2/c1-4-13(2)15-5-9-17(10-6-15)21-19(22)14(3)23-18-11-7-16(20)8-12-18/h5-14H,4H2,1-3H3,(H,21,22)/t13-,14-/m1/s1. The molecule has 23 heavy (non-hydrogen) atoms. The van der Waals surface area contributed by atoms with Crippen molar-refractivity contribution in [2.45, 2.75) is 39.2 Å². The highest BCUT2D eigenvalue weighted by Crippen LogP contribution is 2.21. The normalized spacial score (nSPS) is 13.2. The summed E-state index contributed by atoms with van der Waals surface area (Å²) in [6.45, 7) is 6.11. The van der Waals surface area contributed by atoms with Crippen molar-refractivity contribution in [2.75, 3.05) is 5.32 Å². The fourth-order valence-electron chi connectivity index (χ4n) is 2.15. The van der Waals surface area contributed by atoms with Gasteiger partial charge in [0.15, 0.2) is 6.10 Å². The Bertz CT molecular complexity index is 637. The van der Waals surface area contributed by atoms with E-state index in [0.717, 1.165) is 16.6 Å². The molecule has 0 spiro atoms. The molecule has 0 aromatic heterocycles. The van der Waals surface area contributed by atoms with E-state index in [1.165, 1.54) is 5.56 Å². The maximum atomic E-state index is 12.2. The second-order valence-corrected chi connectivity index (χ2v) is 6.55. The predicted octanol–water partition coefficient (Wildman–Crippen LogP) is 5.37. The number of hydrogen-bond donors (Lipinski definition) is 1. The largest absolute Gasteiger partial charge is 0.481 e. The van der Waals surface area contributed by atoms with Crippen LogP contribution in [0.5, 0.6) is 5.75 Å². The Labute approximate surface area is 146 Å². The van der Waals surface area contributed by atoms with Crippen LogP contribution in [0.1, 0.15) is 38.7 Å². The molecule has 0 heterocycles. The van der Waals surface area contributed by atoms with Crippen LogP contribution in [0.2, 0.25) is 0 Å². The number of benzene rings is 2. The molecule has 2 aromatic rings. The van der Waals surface area contributed by atoms with Gasteiger partial charge in [-0.2, -0.15) is 0 Å². The highest BCUT2D eigenvalue weighted by atomic mass is 79.9. The number of ether oxygens (including phenoxy) is 1. The number of hydrogen-bond acceptors (Lipinski definition) is 2. The van der Waals surface area contributed by atoms with E-state index in [4.69, 9.17) is 4.74 Å². The van der Waals surface area contributed by atoms with Crippen molar-refractivity contribution in [1.29, 1.82) is 0 Å².